The van der Waals surface area contributed by atoms with Gasteiger partial charge >= 0.3 is 0 Å². The fraction of sp³-hybridized carbons (Fsp3) is 0.167. The zero-order valence-electron chi connectivity index (χ0n) is 11.8. The lowest BCUT2D eigenvalue weighted by molar-refractivity contribution is -0.115. The topological polar surface area (TPSA) is 29.1 Å². The van der Waals surface area contributed by atoms with Crippen molar-refractivity contribution in [2.45, 2.75) is 13.3 Å². The monoisotopic (exact) mass is 297 g/mol. The number of benzene rings is 2. The molecule has 0 aliphatic rings. The number of rotatable bonds is 3. The number of halogens is 1. The molecule has 0 heterocycles. The molecule has 2 rings (SSSR count). The third-order valence-corrected chi connectivity index (χ3v) is 3.16. The number of carbonyl (C=O) groups is 1. The number of aryl methyl sites for hydroxylation is 1. The molecule has 0 radical (unpaired) electrons. The van der Waals surface area contributed by atoms with Gasteiger partial charge in [0.1, 0.15) is 0 Å². The molecule has 0 spiro atoms. The maximum absolute atomic E-state index is 11.6. The maximum Gasteiger partial charge on any atom is 0.296 e. The average molecular weight is 298 g/mol. The summed E-state index contributed by atoms with van der Waals surface area (Å²) in [6.45, 7) is 2.63. The van der Waals surface area contributed by atoms with Crippen molar-refractivity contribution in [3.05, 3.63) is 70.2 Å². The molecule has 21 heavy (non-hydrogen) atoms. The Morgan fingerprint density at radius 3 is 2.76 bits per heavy atom. The molecule has 0 bridgehead atoms. The Hall–Kier alpha value is -2.24. The molecular weight excluding hydrogens is 282 g/mol. The third-order valence-electron chi connectivity index (χ3n) is 2.93. The molecule has 0 fully saturated rings. The van der Waals surface area contributed by atoms with E-state index in [0.29, 0.717) is 11.6 Å². The van der Waals surface area contributed by atoms with Crippen LogP contribution in [0.25, 0.3) is 0 Å². The van der Waals surface area contributed by atoms with Gasteiger partial charge in [0.15, 0.2) is 0 Å². The number of carbonyl (C=O) groups excluding carboxylic acids is 1. The van der Waals surface area contributed by atoms with Crippen LogP contribution in [-0.2, 0) is 11.2 Å². The molecule has 1 N–H and O–H groups in total. The zero-order valence-corrected chi connectivity index (χ0v) is 12.6. The van der Waals surface area contributed by atoms with E-state index in [2.05, 4.69) is 42.3 Å². The van der Waals surface area contributed by atoms with Gasteiger partial charge in [-0.25, -0.2) is 0 Å². The van der Waals surface area contributed by atoms with E-state index in [1.165, 1.54) is 11.1 Å². The summed E-state index contributed by atoms with van der Waals surface area (Å²) in [4.78, 5) is 11.6. The highest BCUT2D eigenvalue weighted by molar-refractivity contribution is 6.30. The van der Waals surface area contributed by atoms with Crippen LogP contribution in [0.1, 0.15) is 16.7 Å². The van der Waals surface area contributed by atoms with E-state index in [4.69, 9.17) is 11.6 Å². The van der Waals surface area contributed by atoms with Gasteiger partial charge < -0.3 is 5.32 Å². The summed E-state index contributed by atoms with van der Waals surface area (Å²) in [5.41, 5.74) is 3.16. The van der Waals surface area contributed by atoms with Crippen molar-refractivity contribution in [1.29, 1.82) is 0 Å². The predicted octanol–water partition coefficient (Wildman–Crippen LogP) is 3.36. The lowest BCUT2D eigenvalue weighted by atomic mass is 10.1. The summed E-state index contributed by atoms with van der Waals surface area (Å²) in [6.07, 6.45) is 0.798. The van der Waals surface area contributed by atoms with Crippen molar-refractivity contribution in [2.24, 2.45) is 0 Å². The van der Waals surface area contributed by atoms with E-state index in [9.17, 15) is 4.79 Å². The van der Waals surface area contributed by atoms with Crippen LogP contribution in [0.5, 0.6) is 0 Å². The Balaban J connectivity index is 1.83. The van der Waals surface area contributed by atoms with Crippen molar-refractivity contribution >= 4 is 17.5 Å². The van der Waals surface area contributed by atoms with Gasteiger partial charge in [-0.05, 0) is 37.1 Å². The first kappa shape index (κ1) is 15.2. The number of amides is 1. The number of hydrogen-bond acceptors (Lipinski definition) is 1. The van der Waals surface area contributed by atoms with Crippen molar-refractivity contribution < 1.29 is 4.79 Å². The molecule has 2 nitrogen and oxygen atoms in total. The minimum atomic E-state index is -0.275. The minimum absolute atomic E-state index is 0.275. The highest BCUT2D eigenvalue weighted by Gasteiger charge is 1.97. The van der Waals surface area contributed by atoms with Gasteiger partial charge in [0.05, 0.1) is 0 Å². The fourth-order valence-electron chi connectivity index (χ4n) is 1.93. The van der Waals surface area contributed by atoms with Gasteiger partial charge in [0.2, 0.25) is 0 Å². The molecule has 0 saturated carbocycles. The van der Waals surface area contributed by atoms with Gasteiger partial charge in [-0.1, -0.05) is 53.4 Å². The van der Waals surface area contributed by atoms with E-state index in [1.54, 1.807) is 12.1 Å². The van der Waals surface area contributed by atoms with E-state index in [-0.39, 0.29) is 5.91 Å². The fourth-order valence-corrected chi connectivity index (χ4v) is 2.12. The predicted molar refractivity (Wildman–Crippen MR) is 86.2 cm³/mol. The Bertz CT molecular complexity index is 698. The number of nitrogens with one attached hydrogen (secondary N) is 1. The molecule has 1 amide bonds. The van der Waals surface area contributed by atoms with E-state index >= 15 is 0 Å². The Kier molecular flexibility index (Phi) is 5.43. The van der Waals surface area contributed by atoms with Crippen LogP contribution in [-0.4, -0.2) is 12.5 Å². The maximum atomic E-state index is 11.6. The van der Waals surface area contributed by atoms with Crippen molar-refractivity contribution in [3.8, 4) is 11.8 Å². The summed E-state index contributed by atoms with van der Waals surface area (Å²) in [5, 5.41) is 3.40. The first-order valence-electron chi connectivity index (χ1n) is 6.74. The van der Waals surface area contributed by atoms with Crippen LogP contribution in [0.2, 0.25) is 5.02 Å². The smallest absolute Gasteiger partial charge is 0.296 e. The second-order valence-electron chi connectivity index (χ2n) is 4.76. The molecule has 0 atom stereocenters. The molecule has 0 unspecified atom stereocenters. The summed E-state index contributed by atoms with van der Waals surface area (Å²) >= 11 is 5.86. The lowest BCUT2D eigenvalue weighted by Gasteiger charge is -2.02. The zero-order chi connectivity index (χ0) is 15.1. The van der Waals surface area contributed by atoms with Gasteiger partial charge in [-0.2, -0.15) is 0 Å². The summed E-state index contributed by atoms with van der Waals surface area (Å²) < 4.78 is 0. The molecule has 0 aliphatic heterocycles. The highest BCUT2D eigenvalue weighted by Crippen LogP contribution is 2.09. The van der Waals surface area contributed by atoms with Gasteiger partial charge in [0, 0.05) is 23.1 Å². The molecule has 2 aromatic rings. The minimum Gasteiger partial charge on any atom is -0.345 e. The highest BCUT2D eigenvalue weighted by atomic mass is 35.5. The summed E-state index contributed by atoms with van der Waals surface area (Å²) in [5.74, 6) is 5.09. The largest absolute Gasteiger partial charge is 0.345 e. The average Bonchev–Trinajstić information content (AvgIpc) is 2.45. The van der Waals surface area contributed by atoms with Crippen molar-refractivity contribution in [2.75, 3.05) is 6.54 Å². The van der Waals surface area contributed by atoms with Crippen LogP contribution in [0.3, 0.4) is 0 Å². The Morgan fingerprint density at radius 1 is 1.19 bits per heavy atom. The van der Waals surface area contributed by atoms with Crippen LogP contribution in [0.15, 0.2) is 48.5 Å². The Morgan fingerprint density at radius 2 is 2.00 bits per heavy atom. The van der Waals surface area contributed by atoms with Crippen LogP contribution < -0.4 is 5.32 Å². The Labute approximate surface area is 130 Å². The molecule has 106 valence electrons. The van der Waals surface area contributed by atoms with Gasteiger partial charge in [-0.15, -0.1) is 0 Å². The molecular formula is C18H16ClNO. The summed E-state index contributed by atoms with van der Waals surface area (Å²) in [7, 11) is 0. The normalized spacial score (nSPS) is 9.62. The first-order chi connectivity index (χ1) is 10.1. The second-order valence-corrected chi connectivity index (χ2v) is 5.19. The SMILES string of the molecule is Cc1cccc(CCNC(=O)C#Cc2cccc(Cl)c2)c1. The first-order valence-corrected chi connectivity index (χ1v) is 7.12. The number of hydrogen-bond donors (Lipinski definition) is 1. The van der Waals surface area contributed by atoms with Gasteiger partial charge in [0.25, 0.3) is 5.91 Å². The molecule has 0 aromatic heterocycles. The lowest BCUT2D eigenvalue weighted by Crippen LogP contribution is -2.24. The summed E-state index contributed by atoms with van der Waals surface area (Å²) in [6, 6.07) is 15.4. The van der Waals surface area contributed by atoms with E-state index in [0.717, 1.165) is 12.0 Å². The second kappa shape index (κ2) is 7.52. The molecule has 0 aliphatic carbocycles. The molecule has 2 aromatic carbocycles. The molecule has 3 heteroatoms. The van der Waals surface area contributed by atoms with Crippen molar-refractivity contribution in [1.82, 2.24) is 5.32 Å². The molecule has 0 saturated heterocycles. The van der Waals surface area contributed by atoms with Crippen LogP contribution in [0.4, 0.5) is 0 Å². The standard InChI is InChI=1S/C18H16ClNO/c1-14-4-2-5-16(12-14)10-11-20-18(21)9-8-15-6-3-7-17(19)13-15/h2-7,12-13H,10-11H2,1H3,(H,20,21). The quantitative estimate of drug-likeness (QED) is 0.865. The van der Waals surface area contributed by atoms with Gasteiger partial charge in [-0.3, -0.25) is 4.79 Å². The van der Waals surface area contributed by atoms with E-state index < -0.39 is 0 Å². The third kappa shape index (κ3) is 5.33. The van der Waals surface area contributed by atoms with Crippen LogP contribution in [0, 0.1) is 18.8 Å². The van der Waals surface area contributed by atoms with Crippen LogP contribution >= 0.6 is 11.6 Å². The van der Waals surface area contributed by atoms with E-state index in [1.807, 2.05) is 18.2 Å². The van der Waals surface area contributed by atoms with Crippen molar-refractivity contribution in [3.63, 3.8) is 0 Å².